The average molecular weight is 557 g/mol. The van der Waals surface area contributed by atoms with Crippen LogP contribution < -0.4 is 9.62 Å². The molecule has 2 aromatic carbocycles. The fraction of sp³-hybridized carbons (Fsp3) is 0.462. The maximum absolute atomic E-state index is 13.3. The molecule has 0 saturated heterocycles. The van der Waals surface area contributed by atoms with Crippen molar-refractivity contribution in [3.05, 3.63) is 63.6 Å². The molecule has 0 aromatic heterocycles. The van der Waals surface area contributed by atoms with Gasteiger partial charge in [0, 0.05) is 35.6 Å². The van der Waals surface area contributed by atoms with Crippen molar-refractivity contribution in [2.45, 2.75) is 65.6 Å². The highest BCUT2D eigenvalue weighted by Gasteiger charge is 2.27. The number of anilines is 1. The lowest BCUT2D eigenvalue weighted by Gasteiger charge is -2.30. The largest absolute Gasteiger partial charge is 0.352 e. The van der Waals surface area contributed by atoms with Crippen molar-refractivity contribution in [1.82, 2.24) is 10.2 Å². The number of amides is 2. The van der Waals surface area contributed by atoms with E-state index in [-0.39, 0.29) is 43.8 Å². The van der Waals surface area contributed by atoms with Crippen LogP contribution in [0.3, 0.4) is 0 Å². The summed E-state index contributed by atoms with van der Waals surface area (Å²) in [6, 6.07) is 11.5. The van der Waals surface area contributed by atoms with Gasteiger partial charge in [0.15, 0.2) is 0 Å². The van der Waals surface area contributed by atoms with Crippen molar-refractivity contribution in [1.29, 1.82) is 0 Å². The summed E-state index contributed by atoms with van der Waals surface area (Å²) in [6.07, 6.45) is 2.23. The number of benzene rings is 2. The molecule has 0 spiro atoms. The van der Waals surface area contributed by atoms with E-state index < -0.39 is 16.1 Å². The highest BCUT2D eigenvalue weighted by molar-refractivity contribution is 7.92. The van der Waals surface area contributed by atoms with Gasteiger partial charge in [-0.1, -0.05) is 48.3 Å². The topological polar surface area (TPSA) is 86.8 Å². The quantitative estimate of drug-likeness (QED) is 0.391. The van der Waals surface area contributed by atoms with Gasteiger partial charge in [-0.05, 0) is 69.0 Å². The summed E-state index contributed by atoms with van der Waals surface area (Å²) < 4.78 is 26.3. The second-order valence-electron chi connectivity index (χ2n) is 8.97. The van der Waals surface area contributed by atoms with Gasteiger partial charge in [0.25, 0.3) is 0 Å². The van der Waals surface area contributed by atoms with E-state index in [1.165, 1.54) is 9.21 Å². The Morgan fingerprint density at radius 3 is 2.36 bits per heavy atom. The average Bonchev–Trinajstić information content (AvgIpc) is 2.81. The normalized spacial score (nSPS) is 13.1. The van der Waals surface area contributed by atoms with Gasteiger partial charge in [-0.3, -0.25) is 13.9 Å². The maximum Gasteiger partial charge on any atom is 0.242 e. The van der Waals surface area contributed by atoms with Crippen molar-refractivity contribution >= 4 is 50.7 Å². The minimum Gasteiger partial charge on any atom is -0.352 e. The van der Waals surface area contributed by atoms with Gasteiger partial charge in [0.2, 0.25) is 21.8 Å². The molecule has 0 bridgehead atoms. The predicted molar refractivity (Wildman–Crippen MR) is 147 cm³/mol. The molecule has 0 fully saturated rings. The molecule has 10 heteroatoms. The lowest BCUT2D eigenvalue weighted by atomic mass is 10.1. The summed E-state index contributed by atoms with van der Waals surface area (Å²) in [6.45, 7) is 7.64. The summed E-state index contributed by atoms with van der Waals surface area (Å²) in [5.74, 6) is -0.495. The standard InChI is InChI=1S/C26H35Cl2N3O4S/c1-6-18(2)29-26(33)20(4)30(17-21-10-7-11-22(27)16-21)25(32)14-9-15-31(36(5,34)35)24-13-8-12-23(28)19(24)3/h7-8,10-13,16,18,20H,6,9,14-15,17H2,1-5H3,(H,29,33)/t18-,20+/m0/s1. The van der Waals surface area contributed by atoms with E-state index in [0.717, 1.165) is 18.2 Å². The van der Waals surface area contributed by atoms with E-state index >= 15 is 0 Å². The molecule has 0 heterocycles. The smallest absolute Gasteiger partial charge is 0.242 e. The van der Waals surface area contributed by atoms with Crippen LogP contribution >= 0.6 is 23.2 Å². The van der Waals surface area contributed by atoms with Gasteiger partial charge in [0.05, 0.1) is 11.9 Å². The van der Waals surface area contributed by atoms with Crippen molar-refractivity contribution < 1.29 is 18.0 Å². The van der Waals surface area contributed by atoms with Crippen molar-refractivity contribution in [2.24, 2.45) is 0 Å². The number of carbonyl (C=O) groups excluding carboxylic acids is 2. The number of sulfonamides is 1. The molecule has 7 nitrogen and oxygen atoms in total. The van der Waals surface area contributed by atoms with Crippen LogP contribution in [0.15, 0.2) is 42.5 Å². The van der Waals surface area contributed by atoms with Gasteiger partial charge >= 0.3 is 0 Å². The maximum atomic E-state index is 13.3. The molecule has 0 unspecified atom stereocenters. The molecular weight excluding hydrogens is 521 g/mol. The van der Waals surface area contributed by atoms with Crippen LogP contribution in [-0.2, 0) is 26.2 Å². The summed E-state index contributed by atoms with van der Waals surface area (Å²) in [5, 5.41) is 3.93. The highest BCUT2D eigenvalue weighted by atomic mass is 35.5. The van der Waals surface area contributed by atoms with Crippen LogP contribution in [0, 0.1) is 6.92 Å². The van der Waals surface area contributed by atoms with E-state index in [2.05, 4.69) is 5.32 Å². The van der Waals surface area contributed by atoms with E-state index in [0.29, 0.717) is 21.3 Å². The number of nitrogens with zero attached hydrogens (tertiary/aromatic N) is 2. The highest BCUT2D eigenvalue weighted by Crippen LogP contribution is 2.28. The SMILES string of the molecule is CC[C@H](C)NC(=O)[C@@H](C)N(Cc1cccc(Cl)c1)C(=O)CCCN(c1cccc(Cl)c1C)S(C)(=O)=O. The van der Waals surface area contributed by atoms with Crippen LogP contribution in [0.4, 0.5) is 5.69 Å². The van der Waals surface area contributed by atoms with Crippen LogP contribution in [0.25, 0.3) is 0 Å². The van der Waals surface area contributed by atoms with Crippen molar-refractivity contribution in [2.75, 3.05) is 17.1 Å². The Balaban J connectivity index is 2.21. The third kappa shape index (κ3) is 8.39. The summed E-state index contributed by atoms with van der Waals surface area (Å²) in [4.78, 5) is 27.7. The Bertz CT molecular complexity index is 1170. The Kier molecular flexibility index (Phi) is 11.1. The molecule has 1 N–H and O–H groups in total. The molecule has 0 aliphatic heterocycles. The lowest BCUT2D eigenvalue weighted by Crippen LogP contribution is -2.49. The van der Waals surface area contributed by atoms with E-state index in [9.17, 15) is 18.0 Å². The Hall–Kier alpha value is -2.29. The predicted octanol–water partition coefficient (Wildman–Crippen LogP) is 5.18. The number of carbonyl (C=O) groups is 2. The zero-order chi connectivity index (χ0) is 27.0. The number of rotatable bonds is 12. The molecule has 2 atom stereocenters. The third-order valence-electron chi connectivity index (χ3n) is 6.07. The molecule has 0 aliphatic carbocycles. The van der Waals surface area contributed by atoms with Crippen molar-refractivity contribution in [3.8, 4) is 0 Å². The number of nitrogens with one attached hydrogen (secondary N) is 1. The first-order chi connectivity index (χ1) is 16.8. The number of halogens is 2. The molecule has 36 heavy (non-hydrogen) atoms. The number of hydrogen-bond acceptors (Lipinski definition) is 4. The van der Waals surface area contributed by atoms with Crippen LogP contribution in [0.1, 0.15) is 51.2 Å². The fourth-order valence-electron chi connectivity index (χ4n) is 3.73. The first-order valence-corrected chi connectivity index (χ1v) is 14.5. The molecule has 2 rings (SSSR count). The second-order valence-corrected chi connectivity index (χ2v) is 11.7. The summed E-state index contributed by atoms with van der Waals surface area (Å²) in [7, 11) is -3.60. The molecule has 0 radical (unpaired) electrons. The molecule has 198 valence electrons. The molecule has 0 saturated carbocycles. The van der Waals surface area contributed by atoms with E-state index in [4.69, 9.17) is 23.2 Å². The Labute approximate surface area is 224 Å². The van der Waals surface area contributed by atoms with Gasteiger partial charge in [0.1, 0.15) is 6.04 Å². The van der Waals surface area contributed by atoms with Crippen LogP contribution in [0.2, 0.25) is 10.0 Å². The minimum atomic E-state index is -3.60. The van der Waals surface area contributed by atoms with Crippen LogP contribution in [-0.4, -0.2) is 50.0 Å². The van der Waals surface area contributed by atoms with Gasteiger partial charge < -0.3 is 10.2 Å². The lowest BCUT2D eigenvalue weighted by molar-refractivity contribution is -0.140. The van der Waals surface area contributed by atoms with Crippen LogP contribution in [0.5, 0.6) is 0 Å². The summed E-state index contributed by atoms with van der Waals surface area (Å²) >= 11 is 12.3. The molecular formula is C26H35Cl2N3O4S. The first-order valence-electron chi connectivity index (χ1n) is 11.9. The third-order valence-corrected chi connectivity index (χ3v) is 7.89. The number of hydrogen-bond donors (Lipinski definition) is 1. The van der Waals surface area contributed by atoms with E-state index in [1.54, 1.807) is 50.2 Å². The molecule has 0 aliphatic rings. The zero-order valence-electron chi connectivity index (χ0n) is 21.4. The Morgan fingerprint density at radius 2 is 1.75 bits per heavy atom. The summed E-state index contributed by atoms with van der Waals surface area (Å²) in [5.41, 5.74) is 1.93. The Morgan fingerprint density at radius 1 is 1.08 bits per heavy atom. The van der Waals surface area contributed by atoms with Gasteiger partial charge in [-0.2, -0.15) is 0 Å². The zero-order valence-corrected chi connectivity index (χ0v) is 23.8. The monoisotopic (exact) mass is 555 g/mol. The minimum absolute atomic E-state index is 0.0210. The fourth-order valence-corrected chi connectivity index (χ4v) is 5.13. The van der Waals surface area contributed by atoms with E-state index in [1.807, 2.05) is 19.9 Å². The second kappa shape index (κ2) is 13.3. The van der Waals surface area contributed by atoms with Crippen molar-refractivity contribution in [3.63, 3.8) is 0 Å². The van der Waals surface area contributed by atoms with Gasteiger partial charge in [-0.25, -0.2) is 8.42 Å². The molecule has 2 aromatic rings. The first kappa shape index (κ1) is 29.9. The van der Waals surface area contributed by atoms with Gasteiger partial charge in [-0.15, -0.1) is 0 Å². The molecule has 2 amide bonds.